The second kappa shape index (κ2) is 7.20. The van der Waals surface area contributed by atoms with Crippen LogP contribution < -0.4 is 5.32 Å². The number of H-pyrrole nitrogens is 1. The van der Waals surface area contributed by atoms with Crippen molar-refractivity contribution in [2.75, 3.05) is 5.32 Å². The molecule has 8 heteroatoms. The summed E-state index contributed by atoms with van der Waals surface area (Å²) in [4.78, 5) is 25.9. The van der Waals surface area contributed by atoms with E-state index >= 15 is 0 Å². The lowest BCUT2D eigenvalue weighted by molar-refractivity contribution is 0.102. The highest BCUT2D eigenvalue weighted by atomic mass is 35.5. The molecule has 0 fully saturated rings. The van der Waals surface area contributed by atoms with E-state index in [4.69, 9.17) is 16.0 Å². The van der Waals surface area contributed by atoms with E-state index in [-0.39, 0.29) is 5.91 Å². The molecule has 0 bridgehead atoms. The van der Waals surface area contributed by atoms with Gasteiger partial charge in [-0.1, -0.05) is 29.8 Å². The van der Waals surface area contributed by atoms with E-state index in [1.54, 1.807) is 24.6 Å². The number of benzene rings is 1. The number of halogens is 1. The van der Waals surface area contributed by atoms with Gasteiger partial charge in [0.25, 0.3) is 5.91 Å². The number of amides is 1. The quantitative estimate of drug-likeness (QED) is 0.382. The average molecular weight is 421 g/mol. The molecule has 0 unspecified atom stereocenters. The number of carbonyl (C=O) groups is 1. The molecular formula is C21H13ClN4O2S. The molecule has 2 N–H and O–H groups in total. The Morgan fingerprint density at radius 2 is 2.03 bits per heavy atom. The van der Waals surface area contributed by atoms with Crippen LogP contribution in [0.25, 0.3) is 32.9 Å². The van der Waals surface area contributed by atoms with Crippen LogP contribution in [-0.4, -0.2) is 20.9 Å². The summed E-state index contributed by atoms with van der Waals surface area (Å²) < 4.78 is 6.01. The monoisotopic (exact) mass is 420 g/mol. The molecule has 4 heterocycles. The number of pyridine rings is 1. The molecule has 4 aromatic heterocycles. The molecule has 1 aromatic carbocycles. The Balaban J connectivity index is 1.52. The third-order valence-electron chi connectivity index (χ3n) is 4.38. The van der Waals surface area contributed by atoms with E-state index in [0.717, 1.165) is 15.8 Å². The number of para-hydroxylation sites is 1. The summed E-state index contributed by atoms with van der Waals surface area (Å²) >= 11 is 7.49. The normalized spacial score (nSPS) is 11.1. The number of aromatic amines is 1. The number of nitrogens with one attached hydrogen (secondary N) is 2. The van der Waals surface area contributed by atoms with Crippen LogP contribution in [0.2, 0.25) is 4.34 Å². The second-order valence-corrected chi connectivity index (χ2v) is 7.97. The number of thiophene rings is 1. The Kier molecular flexibility index (Phi) is 4.38. The zero-order valence-electron chi connectivity index (χ0n) is 14.8. The minimum absolute atomic E-state index is 0.284. The van der Waals surface area contributed by atoms with Gasteiger partial charge in [-0.05, 0) is 36.4 Å². The smallest absolute Gasteiger partial charge is 0.258 e. The Labute approximate surface area is 174 Å². The zero-order valence-corrected chi connectivity index (χ0v) is 16.4. The van der Waals surface area contributed by atoms with Crippen LogP contribution in [0.4, 0.5) is 5.95 Å². The second-order valence-electron chi connectivity index (χ2n) is 6.25. The van der Waals surface area contributed by atoms with Crippen molar-refractivity contribution in [3.05, 3.63) is 77.0 Å². The topological polar surface area (TPSA) is 83.8 Å². The number of carbonyl (C=O) groups excluding carboxylic acids is 1. The molecular weight excluding hydrogens is 408 g/mol. The number of rotatable bonds is 4. The summed E-state index contributed by atoms with van der Waals surface area (Å²) in [6, 6.07) is 16.6. The zero-order chi connectivity index (χ0) is 19.8. The van der Waals surface area contributed by atoms with Crippen LogP contribution >= 0.6 is 22.9 Å². The predicted molar refractivity (Wildman–Crippen MR) is 114 cm³/mol. The van der Waals surface area contributed by atoms with Crippen molar-refractivity contribution in [1.29, 1.82) is 0 Å². The molecule has 5 aromatic rings. The van der Waals surface area contributed by atoms with Gasteiger partial charge in [0.15, 0.2) is 5.76 Å². The van der Waals surface area contributed by atoms with Crippen molar-refractivity contribution in [2.24, 2.45) is 0 Å². The molecule has 142 valence electrons. The molecule has 0 atom stereocenters. The summed E-state index contributed by atoms with van der Waals surface area (Å²) in [6.07, 6.45) is 3.19. The van der Waals surface area contributed by atoms with Crippen molar-refractivity contribution < 1.29 is 9.21 Å². The van der Waals surface area contributed by atoms with Gasteiger partial charge in [0.1, 0.15) is 5.69 Å². The number of nitrogens with zero attached hydrogens (tertiary/aromatic N) is 2. The molecule has 0 saturated heterocycles. The minimum atomic E-state index is -0.284. The van der Waals surface area contributed by atoms with Gasteiger partial charge in [-0.2, -0.15) is 0 Å². The number of fused-ring (bicyclic) bond motifs is 1. The van der Waals surface area contributed by atoms with E-state index in [2.05, 4.69) is 20.3 Å². The van der Waals surface area contributed by atoms with E-state index in [0.29, 0.717) is 33.0 Å². The highest BCUT2D eigenvalue weighted by Gasteiger charge is 2.16. The van der Waals surface area contributed by atoms with E-state index in [9.17, 15) is 4.79 Å². The van der Waals surface area contributed by atoms with Gasteiger partial charge in [0.05, 0.1) is 38.4 Å². The number of hydrogen-bond acceptors (Lipinski definition) is 5. The first-order chi connectivity index (χ1) is 14.2. The van der Waals surface area contributed by atoms with E-state index in [1.165, 1.54) is 11.3 Å². The van der Waals surface area contributed by atoms with Crippen molar-refractivity contribution in [1.82, 2.24) is 15.0 Å². The lowest BCUT2D eigenvalue weighted by atomic mass is 10.1. The largest absolute Gasteiger partial charge is 0.463 e. The van der Waals surface area contributed by atoms with Crippen LogP contribution in [0, 0.1) is 0 Å². The maximum absolute atomic E-state index is 13.1. The van der Waals surface area contributed by atoms with Gasteiger partial charge in [-0.3, -0.25) is 10.1 Å². The summed E-state index contributed by atoms with van der Waals surface area (Å²) in [6.45, 7) is 0. The van der Waals surface area contributed by atoms with Gasteiger partial charge in [-0.15, -0.1) is 11.3 Å². The van der Waals surface area contributed by atoms with Gasteiger partial charge >= 0.3 is 0 Å². The van der Waals surface area contributed by atoms with Crippen LogP contribution in [0.15, 0.2) is 71.5 Å². The average Bonchev–Trinajstić information content (AvgIpc) is 3.48. The molecule has 29 heavy (non-hydrogen) atoms. The molecule has 0 aliphatic heterocycles. The van der Waals surface area contributed by atoms with Crippen LogP contribution in [0.3, 0.4) is 0 Å². The molecule has 6 nitrogen and oxygen atoms in total. The Morgan fingerprint density at radius 1 is 1.14 bits per heavy atom. The van der Waals surface area contributed by atoms with Gasteiger partial charge < -0.3 is 9.40 Å². The molecule has 0 aliphatic carbocycles. The highest BCUT2D eigenvalue weighted by molar-refractivity contribution is 7.19. The lowest BCUT2D eigenvalue weighted by Gasteiger charge is -2.08. The minimum Gasteiger partial charge on any atom is -0.463 e. The number of imidazole rings is 1. The number of furan rings is 1. The van der Waals surface area contributed by atoms with E-state index < -0.39 is 0 Å². The summed E-state index contributed by atoms with van der Waals surface area (Å²) in [5, 5.41) is 3.58. The van der Waals surface area contributed by atoms with Crippen LogP contribution in [0.5, 0.6) is 0 Å². The first kappa shape index (κ1) is 17.7. The molecule has 0 spiro atoms. The van der Waals surface area contributed by atoms with Crippen molar-refractivity contribution in [3.63, 3.8) is 0 Å². The first-order valence-corrected chi connectivity index (χ1v) is 9.92. The maximum Gasteiger partial charge on any atom is 0.258 e. The number of aromatic nitrogens is 3. The first-order valence-electron chi connectivity index (χ1n) is 8.73. The summed E-state index contributed by atoms with van der Waals surface area (Å²) in [5.74, 6) is 0.695. The molecule has 0 radical (unpaired) electrons. The van der Waals surface area contributed by atoms with E-state index in [1.807, 2.05) is 42.5 Å². The van der Waals surface area contributed by atoms with Crippen molar-refractivity contribution in [2.45, 2.75) is 0 Å². The standard InChI is InChI=1S/C21H13ClN4O2S/c22-19-8-7-18(29-19)15-10-13(12-4-1-2-5-14(12)24-15)20(27)26-21-23-11-16(25-21)17-6-3-9-28-17/h1-11H,(H2,23,25,26,27). The fourth-order valence-corrected chi connectivity index (χ4v) is 4.06. The van der Waals surface area contributed by atoms with Crippen molar-refractivity contribution in [3.8, 4) is 22.0 Å². The molecule has 5 rings (SSSR count). The Morgan fingerprint density at radius 3 is 2.83 bits per heavy atom. The number of hydrogen-bond donors (Lipinski definition) is 2. The SMILES string of the molecule is O=C(Nc1ncc(-c2ccco2)[nH]1)c1cc(-c2ccc(Cl)s2)nc2ccccc12. The predicted octanol–water partition coefficient (Wildman–Crippen LogP) is 5.85. The third-order valence-corrected chi connectivity index (χ3v) is 5.63. The van der Waals surface area contributed by atoms with Gasteiger partial charge in [0, 0.05) is 5.39 Å². The fourth-order valence-electron chi connectivity index (χ4n) is 3.06. The van der Waals surface area contributed by atoms with Gasteiger partial charge in [-0.25, -0.2) is 9.97 Å². The summed E-state index contributed by atoms with van der Waals surface area (Å²) in [5.41, 5.74) is 2.61. The Bertz CT molecular complexity index is 1320. The third kappa shape index (κ3) is 3.41. The Hall–Kier alpha value is -3.42. The summed E-state index contributed by atoms with van der Waals surface area (Å²) in [7, 11) is 0. The fraction of sp³-hybridized carbons (Fsp3) is 0. The molecule has 0 saturated carbocycles. The van der Waals surface area contributed by atoms with Gasteiger partial charge in [0.2, 0.25) is 5.95 Å². The van der Waals surface area contributed by atoms with Crippen molar-refractivity contribution >= 4 is 45.7 Å². The highest BCUT2D eigenvalue weighted by Crippen LogP contribution is 2.32. The van der Waals surface area contributed by atoms with Crippen LogP contribution in [-0.2, 0) is 0 Å². The molecule has 1 amide bonds. The number of anilines is 1. The maximum atomic E-state index is 13.1. The lowest BCUT2D eigenvalue weighted by Crippen LogP contribution is -2.14. The van der Waals surface area contributed by atoms with Crippen LogP contribution in [0.1, 0.15) is 10.4 Å². The molecule has 0 aliphatic rings.